The number of thiophene rings is 1. The Morgan fingerprint density at radius 2 is 2.12 bits per heavy atom. The number of ether oxygens (including phenoxy) is 2. The molecule has 1 aliphatic carbocycles. The zero-order valence-corrected chi connectivity index (χ0v) is 14.7. The van der Waals surface area contributed by atoms with Crippen molar-refractivity contribution in [2.24, 2.45) is 0 Å². The minimum atomic E-state index is -0.687. The van der Waals surface area contributed by atoms with E-state index < -0.39 is 17.7 Å². The average Bonchev–Trinajstić information content (AvgIpc) is 3.35. The molecule has 5 nitrogen and oxygen atoms in total. The lowest BCUT2D eigenvalue weighted by molar-refractivity contribution is 0.0527. The highest BCUT2D eigenvalue weighted by Gasteiger charge is 2.32. The normalized spacial score (nSPS) is 13.4. The summed E-state index contributed by atoms with van der Waals surface area (Å²) in [7, 11) is 1.42. The van der Waals surface area contributed by atoms with Crippen molar-refractivity contribution in [1.82, 2.24) is 0 Å². The molecule has 1 aliphatic rings. The van der Waals surface area contributed by atoms with Gasteiger partial charge < -0.3 is 14.8 Å². The maximum Gasteiger partial charge on any atom is 0.341 e. The molecule has 1 saturated carbocycles. The highest BCUT2D eigenvalue weighted by molar-refractivity contribution is 7.15. The molecule has 0 saturated heterocycles. The van der Waals surface area contributed by atoms with E-state index in [1.807, 2.05) is 5.38 Å². The molecule has 1 N–H and O–H groups in total. The molecule has 1 amide bonds. The zero-order chi connectivity index (χ0) is 18.0. The summed E-state index contributed by atoms with van der Waals surface area (Å²) in [5.74, 6) is -1.10. The fourth-order valence-electron chi connectivity index (χ4n) is 2.55. The Kier molecular flexibility index (Phi) is 5.03. The van der Waals surface area contributed by atoms with E-state index in [-0.39, 0.29) is 12.2 Å². The Morgan fingerprint density at radius 1 is 1.36 bits per heavy atom. The lowest BCUT2D eigenvalue weighted by Gasteiger charge is -2.09. The monoisotopic (exact) mass is 363 g/mol. The number of rotatable bonds is 6. The topological polar surface area (TPSA) is 64.6 Å². The standard InChI is InChI=1S/C18H18FNO4S/c1-3-24-18(22)15-13(10-4-5-10)9-25-17(15)20-16(21)12-7-6-11(23-2)8-14(12)19/h6-10H,3-5H2,1-2H3,(H,20,21). The van der Waals surface area contributed by atoms with Crippen LogP contribution in [0.2, 0.25) is 0 Å². The van der Waals surface area contributed by atoms with E-state index in [0.29, 0.717) is 22.2 Å². The number of carbonyl (C=O) groups is 2. The van der Waals surface area contributed by atoms with Crippen molar-refractivity contribution < 1.29 is 23.5 Å². The zero-order valence-electron chi connectivity index (χ0n) is 13.9. The van der Waals surface area contributed by atoms with Gasteiger partial charge in [0.1, 0.15) is 16.6 Å². The highest BCUT2D eigenvalue weighted by Crippen LogP contribution is 2.46. The van der Waals surface area contributed by atoms with Crippen LogP contribution < -0.4 is 10.1 Å². The molecular formula is C18H18FNO4S. The Balaban J connectivity index is 1.87. The predicted molar refractivity (Wildman–Crippen MR) is 93.2 cm³/mol. The predicted octanol–water partition coefficient (Wildman–Crippen LogP) is 4.20. The van der Waals surface area contributed by atoms with Crippen molar-refractivity contribution in [3.8, 4) is 5.75 Å². The molecule has 25 heavy (non-hydrogen) atoms. The van der Waals surface area contributed by atoms with E-state index in [1.165, 1.54) is 30.6 Å². The summed E-state index contributed by atoms with van der Waals surface area (Å²) in [5, 5.41) is 4.90. The second-order valence-electron chi connectivity index (χ2n) is 5.69. The van der Waals surface area contributed by atoms with Crippen LogP contribution >= 0.6 is 11.3 Å². The molecule has 0 atom stereocenters. The van der Waals surface area contributed by atoms with Gasteiger partial charge in [-0.3, -0.25) is 4.79 Å². The van der Waals surface area contributed by atoms with E-state index in [2.05, 4.69) is 5.32 Å². The van der Waals surface area contributed by atoms with Gasteiger partial charge in [0, 0.05) is 6.07 Å². The maximum atomic E-state index is 14.1. The van der Waals surface area contributed by atoms with E-state index in [9.17, 15) is 14.0 Å². The van der Waals surface area contributed by atoms with Crippen LogP contribution in [0.4, 0.5) is 9.39 Å². The first-order valence-electron chi connectivity index (χ1n) is 7.98. The summed E-state index contributed by atoms with van der Waals surface area (Å²) in [6.45, 7) is 1.98. The van der Waals surface area contributed by atoms with Gasteiger partial charge in [0.05, 0.1) is 24.8 Å². The minimum absolute atomic E-state index is 0.114. The fourth-order valence-corrected chi connectivity index (χ4v) is 3.57. The smallest absolute Gasteiger partial charge is 0.341 e. The molecule has 0 unspecified atom stereocenters. The van der Waals surface area contributed by atoms with Crippen molar-refractivity contribution in [2.75, 3.05) is 19.0 Å². The summed E-state index contributed by atoms with van der Waals surface area (Å²) in [4.78, 5) is 24.7. The van der Waals surface area contributed by atoms with Crippen molar-refractivity contribution in [3.63, 3.8) is 0 Å². The van der Waals surface area contributed by atoms with Crippen molar-refractivity contribution >= 4 is 28.2 Å². The maximum absolute atomic E-state index is 14.1. The van der Waals surface area contributed by atoms with Crippen molar-refractivity contribution in [3.05, 3.63) is 46.1 Å². The Morgan fingerprint density at radius 3 is 2.72 bits per heavy atom. The number of methoxy groups -OCH3 is 1. The van der Waals surface area contributed by atoms with Gasteiger partial charge in [-0.25, -0.2) is 9.18 Å². The third-order valence-electron chi connectivity index (χ3n) is 3.96. The Hall–Kier alpha value is -2.41. The van der Waals surface area contributed by atoms with Gasteiger partial charge in [0.2, 0.25) is 0 Å². The van der Waals surface area contributed by atoms with E-state index in [1.54, 1.807) is 6.92 Å². The van der Waals surface area contributed by atoms with Crippen LogP contribution in [0.25, 0.3) is 0 Å². The quantitative estimate of drug-likeness (QED) is 0.781. The molecule has 1 aromatic heterocycles. The minimum Gasteiger partial charge on any atom is -0.497 e. The number of carbonyl (C=O) groups excluding carboxylic acids is 2. The van der Waals surface area contributed by atoms with Gasteiger partial charge in [-0.1, -0.05) is 0 Å². The summed E-state index contributed by atoms with van der Waals surface area (Å²) >= 11 is 1.26. The second-order valence-corrected chi connectivity index (χ2v) is 6.57. The number of hydrogen-bond acceptors (Lipinski definition) is 5. The van der Waals surface area contributed by atoms with Gasteiger partial charge >= 0.3 is 5.97 Å². The van der Waals surface area contributed by atoms with Gasteiger partial charge in [-0.05, 0) is 48.8 Å². The second kappa shape index (κ2) is 7.23. The van der Waals surface area contributed by atoms with Crippen LogP contribution in [0, 0.1) is 5.82 Å². The van der Waals surface area contributed by atoms with E-state index in [4.69, 9.17) is 9.47 Å². The Bertz CT molecular complexity index is 813. The number of esters is 1. The highest BCUT2D eigenvalue weighted by atomic mass is 32.1. The first-order valence-corrected chi connectivity index (χ1v) is 8.86. The molecule has 7 heteroatoms. The molecule has 0 spiro atoms. The SMILES string of the molecule is CCOC(=O)c1c(C2CC2)csc1NC(=O)c1ccc(OC)cc1F. The summed E-state index contributed by atoms with van der Waals surface area (Å²) < 4.78 is 24.1. The van der Waals surface area contributed by atoms with Crippen molar-refractivity contribution in [2.45, 2.75) is 25.7 Å². The molecule has 132 valence electrons. The summed E-state index contributed by atoms with van der Waals surface area (Å²) in [6.07, 6.45) is 2.03. The molecule has 0 aliphatic heterocycles. The molecule has 1 aromatic carbocycles. The fraction of sp³-hybridized carbons (Fsp3) is 0.333. The van der Waals surface area contributed by atoms with Gasteiger partial charge in [0.25, 0.3) is 5.91 Å². The summed E-state index contributed by atoms with van der Waals surface area (Å²) in [6, 6.07) is 4.00. The third-order valence-corrected chi connectivity index (χ3v) is 4.88. The van der Waals surface area contributed by atoms with Crippen LogP contribution in [0.5, 0.6) is 5.75 Å². The number of hydrogen-bond donors (Lipinski definition) is 1. The summed E-state index contributed by atoms with van der Waals surface area (Å²) in [5.41, 5.74) is 1.17. The van der Waals surface area contributed by atoms with Crippen LogP contribution in [-0.2, 0) is 4.74 Å². The number of halogens is 1. The van der Waals surface area contributed by atoms with Crippen LogP contribution in [0.3, 0.4) is 0 Å². The molecule has 1 heterocycles. The molecule has 0 bridgehead atoms. The number of amides is 1. The number of anilines is 1. The van der Waals surface area contributed by atoms with Crippen LogP contribution in [-0.4, -0.2) is 25.6 Å². The molecule has 0 radical (unpaired) electrons. The van der Waals surface area contributed by atoms with Gasteiger partial charge in [-0.15, -0.1) is 11.3 Å². The lowest BCUT2D eigenvalue weighted by Crippen LogP contribution is -2.16. The van der Waals surface area contributed by atoms with Crippen molar-refractivity contribution in [1.29, 1.82) is 0 Å². The largest absolute Gasteiger partial charge is 0.497 e. The van der Waals surface area contributed by atoms with Gasteiger partial charge in [-0.2, -0.15) is 0 Å². The Labute approximate surface area is 148 Å². The van der Waals surface area contributed by atoms with Crippen LogP contribution in [0.15, 0.2) is 23.6 Å². The third kappa shape index (κ3) is 3.66. The van der Waals surface area contributed by atoms with E-state index >= 15 is 0 Å². The molecule has 1 fully saturated rings. The van der Waals surface area contributed by atoms with E-state index in [0.717, 1.165) is 24.5 Å². The molecule has 2 aromatic rings. The van der Waals surface area contributed by atoms with Crippen LogP contribution in [0.1, 0.15) is 52.0 Å². The number of benzene rings is 1. The first-order chi connectivity index (χ1) is 12.0. The first kappa shape index (κ1) is 17.4. The molecular weight excluding hydrogens is 345 g/mol. The van der Waals surface area contributed by atoms with Gasteiger partial charge in [0.15, 0.2) is 0 Å². The lowest BCUT2D eigenvalue weighted by atomic mass is 10.1. The molecule has 3 rings (SSSR count). The average molecular weight is 363 g/mol. The number of nitrogens with one attached hydrogen (secondary N) is 1.